The molecule has 4 nitrogen and oxygen atoms in total. The van der Waals surface area contributed by atoms with Crippen LogP contribution in [0.4, 0.5) is 0 Å². The number of hydrogen-bond donors (Lipinski definition) is 2. The Morgan fingerprint density at radius 1 is 1.80 bits per heavy atom. The van der Waals surface area contributed by atoms with Crippen LogP contribution in [0.1, 0.15) is 6.92 Å². The van der Waals surface area contributed by atoms with E-state index in [2.05, 4.69) is 4.99 Å². The molecular formula is C6H10N4. The standard InChI is InChI=1S/C6H10N4/c1-5(2-7)10-4-6(9)3-8/h3-5H,8-9H2,1H3. The van der Waals surface area contributed by atoms with Crippen LogP contribution in [-0.4, -0.2) is 12.3 Å². The average Bonchev–Trinajstić information content (AvgIpc) is 1.99. The smallest absolute Gasteiger partial charge is 0.133 e. The molecule has 0 bridgehead atoms. The van der Waals surface area contributed by atoms with E-state index in [-0.39, 0.29) is 6.04 Å². The lowest BCUT2D eigenvalue weighted by atomic mass is 10.4. The van der Waals surface area contributed by atoms with Crippen molar-refractivity contribution in [2.45, 2.75) is 13.0 Å². The van der Waals surface area contributed by atoms with E-state index in [0.717, 1.165) is 0 Å². The molecule has 4 N–H and O–H groups in total. The number of nitrogens with two attached hydrogens (primary N) is 2. The number of nitrogens with zero attached hydrogens (tertiary/aromatic N) is 2. The van der Waals surface area contributed by atoms with Crippen LogP contribution in [0.5, 0.6) is 0 Å². The first-order chi connectivity index (χ1) is 4.70. The normalized spacial score (nSPS) is 15.0. The minimum Gasteiger partial charge on any atom is -0.403 e. The van der Waals surface area contributed by atoms with E-state index >= 15 is 0 Å². The lowest BCUT2D eigenvalue weighted by Gasteiger charge is -1.91. The highest BCUT2D eigenvalue weighted by Crippen LogP contribution is 1.84. The van der Waals surface area contributed by atoms with Crippen molar-refractivity contribution in [1.29, 1.82) is 5.26 Å². The summed E-state index contributed by atoms with van der Waals surface area (Å²) in [4.78, 5) is 3.75. The molecule has 54 valence electrons. The van der Waals surface area contributed by atoms with Gasteiger partial charge in [0.2, 0.25) is 0 Å². The number of nitriles is 1. The molecule has 0 saturated heterocycles. The topological polar surface area (TPSA) is 88.2 Å². The van der Waals surface area contributed by atoms with Crippen LogP contribution < -0.4 is 11.5 Å². The fourth-order valence-electron chi connectivity index (χ4n) is 0.274. The van der Waals surface area contributed by atoms with E-state index in [1.807, 2.05) is 6.07 Å². The second kappa shape index (κ2) is 4.39. The third kappa shape index (κ3) is 3.50. The molecule has 0 spiro atoms. The van der Waals surface area contributed by atoms with Crippen LogP contribution in [0.2, 0.25) is 0 Å². The molecule has 0 aliphatic heterocycles. The van der Waals surface area contributed by atoms with Gasteiger partial charge < -0.3 is 11.5 Å². The van der Waals surface area contributed by atoms with Crippen molar-refractivity contribution in [3.63, 3.8) is 0 Å². The van der Waals surface area contributed by atoms with Gasteiger partial charge in [-0.3, -0.25) is 4.99 Å². The molecule has 0 aromatic carbocycles. The van der Waals surface area contributed by atoms with Crippen LogP contribution in [0.3, 0.4) is 0 Å². The van der Waals surface area contributed by atoms with E-state index < -0.39 is 0 Å². The van der Waals surface area contributed by atoms with Gasteiger partial charge in [0.15, 0.2) is 0 Å². The first-order valence-electron chi connectivity index (χ1n) is 2.81. The molecule has 1 unspecified atom stereocenters. The van der Waals surface area contributed by atoms with Crippen molar-refractivity contribution in [3.05, 3.63) is 11.9 Å². The average molecular weight is 138 g/mol. The van der Waals surface area contributed by atoms with Gasteiger partial charge in [-0.15, -0.1) is 0 Å². The highest BCUT2D eigenvalue weighted by molar-refractivity contribution is 5.77. The molecule has 0 fully saturated rings. The summed E-state index contributed by atoms with van der Waals surface area (Å²) >= 11 is 0. The highest BCUT2D eigenvalue weighted by Gasteiger charge is 1.89. The summed E-state index contributed by atoms with van der Waals surface area (Å²) in [6.45, 7) is 1.67. The summed E-state index contributed by atoms with van der Waals surface area (Å²) in [5, 5.41) is 8.27. The van der Waals surface area contributed by atoms with Crippen molar-refractivity contribution < 1.29 is 0 Å². The molecule has 0 aliphatic rings. The zero-order valence-electron chi connectivity index (χ0n) is 5.78. The fraction of sp³-hybridized carbons (Fsp3) is 0.333. The van der Waals surface area contributed by atoms with Crippen LogP contribution in [-0.2, 0) is 0 Å². The molecule has 0 heterocycles. The van der Waals surface area contributed by atoms with Crippen molar-refractivity contribution in [1.82, 2.24) is 0 Å². The van der Waals surface area contributed by atoms with Crippen molar-refractivity contribution in [2.24, 2.45) is 16.5 Å². The maximum absolute atomic E-state index is 8.27. The van der Waals surface area contributed by atoms with E-state index in [4.69, 9.17) is 16.7 Å². The molecule has 0 aliphatic carbocycles. The van der Waals surface area contributed by atoms with Gasteiger partial charge >= 0.3 is 0 Å². The molecule has 0 aromatic rings. The van der Waals surface area contributed by atoms with Gasteiger partial charge in [0.1, 0.15) is 6.04 Å². The number of rotatable bonds is 2. The predicted octanol–water partition coefficient (Wildman–Crippen LogP) is -0.272. The Kier molecular flexibility index (Phi) is 3.73. The molecule has 0 aromatic heterocycles. The maximum atomic E-state index is 8.27. The van der Waals surface area contributed by atoms with Crippen molar-refractivity contribution in [3.8, 4) is 6.07 Å². The van der Waals surface area contributed by atoms with Crippen LogP contribution in [0.25, 0.3) is 0 Å². The lowest BCUT2D eigenvalue weighted by molar-refractivity contribution is 0.945. The van der Waals surface area contributed by atoms with Gasteiger partial charge in [-0.2, -0.15) is 5.26 Å². The third-order valence-electron chi connectivity index (χ3n) is 0.826. The molecule has 0 rings (SSSR count). The monoisotopic (exact) mass is 138 g/mol. The van der Waals surface area contributed by atoms with Crippen LogP contribution in [0, 0.1) is 11.3 Å². The van der Waals surface area contributed by atoms with Gasteiger partial charge in [0, 0.05) is 12.4 Å². The molecule has 4 heteroatoms. The zero-order chi connectivity index (χ0) is 7.98. The van der Waals surface area contributed by atoms with Gasteiger partial charge in [0.05, 0.1) is 11.8 Å². The molecular weight excluding hydrogens is 128 g/mol. The summed E-state index contributed by atoms with van der Waals surface area (Å²) in [5.74, 6) is 0. The minimum absolute atomic E-state index is 0.363. The van der Waals surface area contributed by atoms with E-state index in [9.17, 15) is 0 Å². The molecule has 0 saturated carbocycles. The summed E-state index contributed by atoms with van der Waals surface area (Å²) in [6.07, 6.45) is 2.60. The van der Waals surface area contributed by atoms with Crippen molar-refractivity contribution >= 4 is 6.21 Å². The van der Waals surface area contributed by atoms with E-state index in [0.29, 0.717) is 5.70 Å². The van der Waals surface area contributed by atoms with E-state index in [1.165, 1.54) is 12.4 Å². The largest absolute Gasteiger partial charge is 0.403 e. The Bertz CT molecular complexity index is 186. The summed E-state index contributed by atoms with van der Waals surface area (Å²) in [7, 11) is 0. The van der Waals surface area contributed by atoms with Crippen LogP contribution in [0.15, 0.2) is 16.9 Å². The van der Waals surface area contributed by atoms with Gasteiger partial charge in [-0.05, 0) is 6.92 Å². The molecule has 1 atom stereocenters. The quantitative estimate of drug-likeness (QED) is 0.515. The van der Waals surface area contributed by atoms with Crippen LogP contribution >= 0.6 is 0 Å². The lowest BCUT2D eigenvalue weighted by Crippen LogP contribution is -2.03. The molecule has 10 heavy (non-hydrogen) atoms. The van der Waals surface area contributed by atoms with Gasteiger partial charge in [0.25, 0.3) is 0 Å². The molecule has 0 amide bonds. The zero-order valence-corrected chi connectivity index (χ0v) is 5.78. The summed E-state index contributed by atoms with van der Waals surface area (Å²) in [6, 6.07) is 1.56. The fourth-order valence-corrected chi connectivity index (χ4v) is 0.274. The third-order valence-corrected chi connectivity index (χ3v) is 0.826. The minimum atomic E-state index is -0.363. The second-order valence-corrected chi connectivity index (χ2v) is 1.75. The Labute approximate surface area is 59.8 Å². The SMILES string of the molecule is CC(C#N)N=CC(N)=CN. The first-order valence-corrected chi connectivity index (χ1v) is 2.81. The first kappa shape index (κ1) is 8.50. The Balaban J connectivity index is 3.90. The molecule has 0 radical (unpaired) electrons. The Morgan fingerprint density at radius 2 is 2.40 bits per heavy atom. The number of hydrogen-bond acceptors (Lipinski definition) is 4. The Morgan fingerprint density at radius 3 is 2.80 bits per heavy atom. The Hall–Kier alpha value is -1.50. The number of allylic oxidation sites excluding steroid dienone is 1. The maximum Gasteiger partial charge on any atom is 0.133 e. The summed E-state index contributed by atoms with van der Waals surface area (Å²) < 4.78 is 0. The summed E-state index contributed by atoms with van der Waals surface area (Å²) in [5.41, 5.74) is 10.7. The highest BCUT2D eigenvalue weighted by atomic mass is 14.8. The van der Waals surface area contributed by atoms with Gasteiger partial charge in [-0.1, -0.05) is 0 Å². The predicted molar refractivity (Wildman–Crippen MR) is 40.0 cm³/mol. The second-order valence-electron chi connectivity index (χ2n) is 1.75. The number of aliphatic imine (C=N–C) groups is 1. The van der Waals surface area contributed by atoms with Gasteiger partial charge in [-0.25, -0.2) is 0 Å². The van der Waals surface area contributed by atoms with Crippen molar-refractivity contribution in [2.75, 3.05) is 0 Å². The van der Waals surface area contributed by atoms with E-state index in [1.54, 1.807) is 6.92 Å².